The maximum Gasteiger partial charge on any atom is 0.261 e. The summed E-state index contributed by atoms with van der Waals surface area (Å²) in [4.78, 5) is -0.220. The number of hydrogen-bond donors (Lipinski definition) is 0. The van der Waals surface area contributed by atoms with E-state index in [0.717, 1.165) is 6.07 Å². The fourth-order valence-electron chi connectivity index (χ4n) is 0.629. The van der Waals surface area contributed by atoms with Crippen LogP contribution in [0.5, 0.6) is 0 Å². The zero-order valence-electron chi connectivity index (χ0n) is 5.59. The van der Waals surface area contributed by atoms with Crippen LogP contribution in [0.2, 0.25) is 0 Å². The van der Waals surface area contributed by atoms with Gasteiger partial charge in [-0.25, -0.2) is 12.8 Å². The molecule has 1 rings (SSSR count). The maximum absolute atomic E-state index is 12.8. The molecule has 0 fully saturated rings. The van der Waals surface area contributed by atoms with Gasteiger partial charge in [0.05, 0.1) is 4.90 Å². The molecule has 0 atom stereocenters. The topological polar surface area (TPSA) is 34.1 Å². The lowest BCUT2D eigenvalue weighted by Crippen LogP contribution is -1.92. The Morgan fingerprint density at radius 3 is 2.42 bits per heavy atom. The molecule has 12 heavy (non-hydrogen) atoms. The highest BCUT2D eigenvalue weighted by atomic mass is 127. The van der Waals surface area contributed by atoms with E-state index in [1.165, 1.54) is 12.1 Å². The Morgan fingerprint density at radius 1 is 1.42 bits per heavy atom. The zero-order valence-corrected chi connectivity index (χ0v) is 9.32. The lowest BCUT2D eigenvalue weighted by atomic mass is 10.3. The first-order valence-electron chi connectivity index (χ1n) is 2.81. The van der Waals surface area contributed by atoms with Crippen LogP contribution < -0.4 is 0 Å². The van der Waals surface area contributed by atoms with Crippen molar-refractivity contribution in [3.05, 3.63) is 27.6 Å². The van der Waals surface area contributed by atoms with Crippen molar-refractivity contribution in [1.82, 2.24) is 0 Å². The highest BCUT2D eigenvalue weighted by Crippen LogP contribution is 2.19. The molecule has 0 unspecified atom stereocenters. The molecule has 6 heteroatoms. The van der Waals surface area contributed by atoms with Gasteiger partial charge in [0.15, 0.2) is 0 Å². The van der Waals surface area contributed by atoms with E-state index in [9.17, 15) is 12.8 Å². The summed E-state index contributed by atoms with van der Waals surface area (Å²) in [5, 5.41) is 0. The molecule has 0 aromatic heterocycles. The molecule has 0 aliphatic rings. The lowest BCUT2D eigenvalue weighted by molar-refractivity contribution is 0.599. The van der Waals surface area contributed by atoms with Gasteiger partial charge in [0.2, 0.25) is 0 Å². The summed E-state index contributed by atoms with van der Waals surface area (Å²) in [5.74, 6) is -0.586. The summed E-state index contributed by atoms with van der Waals surface area (Å²) in [7, 11) is 1.17. The SMILES string of the molecule is O=S(=O)(Cl)c1ccc(I)c(F)c1. The Hall–Kier alpha value is 0.120. The molecular weight excluding hydrogens is 317 g/mol. The van der Waals surface area contributed by atoms with Crippen molar-refractivity contribution in [1.29, 1.82) is 0 Å². The zero-order chi connectivity index (χ0) is 9.35. The third kappa shape index (κ3) is 2.30. The average Bonchev–Trinajstić information content (AvgIpc) is 1.92. The Balaban J connectivity index is 3.33. The number of hydrogen-bond acceptors (Lipinski definition) is 2. The molecule has 0 saturated heterocycles. The van der Waals surface area contributed by atoms with E-state index in [1.807, 2.05) is 0 Å². The number of rotatable bonds is 1. The second-order valence-electron chi connectivity index (χ2n) is 2.01. The molecule has 0 radical (unpaired) electrons. The van der Waals surface area contributed by atoms with E-state index in [4.69, 9.17) is 10.7 Å². The largest absolute Gasteiger partial charge is 0.261 e. The van der Waals surface area contributed by atoms with Gasteiger partial charge >= 0.3 is 0 Å². The van der Waals surface area contributed by atoms with E-state index in [-0.39, 0.29) is 4.90 Å². The molecule has 0 N–H and O–H groups in total. The summed E-state index contributed by atoms with van der Waals surface area (Å²) >= 11 is 1.76. The Bertz CT molecular complexity index is 404. The minimum Gasteiger partial charge on any atom is -0.207 e. The monoisotopic (exact) mass is 320 g/mol. The third-order valence-corrected chi connectivity index (χ3v) is 3.40. The number of benzene rings is 1. The smallest absolute Gasteiger partial charge is 0.207 e. The van der Waals surface area contributed by atoms with Gasteiger partial charge in [-0.1, -0.05) is 0 Å². The van der Waals surface area contributed by atoms with Crippen LogP contribution in [0.15, 0.2) is 23.1 Å². The molecule has 0 aliphatic heterocycles. The summed E-state index contributed by atoms with van der Waals surface area (Å²) in [6.07, 6.45) is 0. The van der Waals surface area contributed by atoms with Gasteiger partial charge in [-0.3, -0.25) is 0 Å². The summed E-state index contributed by atoms with van der Waals surface area (Å²) in [6, 6.07) is 3.50. The van der Waals surface area contributed by atoms with Crippen LogP contribution in [-0.4, -0.2) is 8.42 Å². The van der Waals surface area contributed by atoms with Crippen molar-refractivity contribution in [3.8, 4) is 0 Å². The van der Waals surface area contributed by atoms with Gasteiger partial charge in [0.25, 0.3) is 9.05 Å². The molecule has 1 aromatic rings. The van der Waals surface area contributed by atoms with Crippen LogP contribution in [0, 0.1) is 9.39 Å². The first-order valence-corrected chi connectivity index (χ1v) is 6.20. The predicted molar refractivity (Wildman–Crippen MR) is 52.2 cm³/mol. The first kappa shape index (κ1) is 10.2. The van der Waals surface area contributed by atoms with Crippen LogP contribution in [0.4, 0.5) is 4.39 Å². The quantitative estimate of drug-likeness (QED) is 0.588. The van der Waals surface area contributed by atoms with Crippen molar-refractivity contribution >= 4 is 42.3 Å². The van der Waals surface area contributed by atoms with Gasteiger partial charge in [0, 0.05) is 14.3 Å². The molecule has 0 bridgehead atoms. The minimum absolute atomic E-state index is 0.220. The van der Waals surface area contributed by atoms with Crippen LogP contribution in [-0.2, 0) is 9.05 Å². The fourth-order valence-corrected chi connectivity index (χ4v) is 1.73. The number of halogens is 3. The fraction of sp³-hybridized carbons (Fsp3) is 0. The van der Waals surface area contributed by atoms with Gasteiger partial charge in [-0.15, -0.1) is 0 Å². The van der Waals surface area contributed by atoms with Gasteiger partial charge in [-0.2, -0.15) is 0 Å². The van der Waals surface area contributed by atoms with E-state index >= 15 is 0 Å². The molecule has 0 aliphatic carbocycles. The first-order chi connectivity index (χ1) is 5.41. The molecule has 66 valence electrons. The van der Waals surface area contributed by atoms with Gasteiger partial charge in [-0.05, 0) is 40.8 Å². The molecule has 0 heterocycles. The highest BCUT2D eigenvalue weighted by molar-refractivity contribution is 14.1. The second kappa shape index (κ2) is 3.47. The summed E-state index contributed by atoms with van der Waals surface area (Å²) in [6.45, 7) is 0. The van der Waals surface area contributed by atoms with Crippen molar-refractivity contribution in [2.24, 2.45) is 0 Å². The molecule has 0 amide bonds. The lowest BCUT2D eigenvalue weighted by Gasteiger charge is -1.97. The van der Waals surface area contributed by atoms with Crippen LogP contribution in [0.25, 0.3) is 0 Å². The normalized spacial score (nSPS) is 11.6. The average molecular weight is 321 g/mol. The molecule has 2 nitrogen and oxygen atoms in total. The van der Waals surface area contributed by atoms with Crippen molar-refractivity contribution < 1.29 is 12.8 Å². The third-order valence-electron chi connectivity index (χ3n) is 1.17. The van der Waals surface area contributed by atoms with Gasteiger partial charge in [0.1, 0.15) is 5.82 Å². The van der Waals surface area contributed by atoms with Crippen LogP contribution >= 0.6 is 33.3 Å². The standard InChI is InChI=1S/C6H3ClFIO2S/c7-12(10,11)4-1-2-6(9)5(8)3-4/h1-3H. The second-order valence-corrected chi connectivity index (χ2v) is 5.74. The van der Waals surface area contributed by atoms with E-state index in [0.29, 0.717) is 3.57 Å². The van der Waals surface area contributed by atoms with Crippen molar-refractivity contribution in [2.75, 3.05) is 0 Å². The predicted octanol–water partition coefficient (Wildman–Crippen LogP) is 2.36. The van der Waals surface area contributed by atoms with Crippen LogP contribution in [0.1, 0.15) is 0 Å². The van der Waals surface area contributed by atoms with Crippen LogP contribution in [0.3, 0.4) is 0 Å². The van der Waals surface area contributed by atoms with E-state index in [2.05, 4.69) is 0 Å². The molecular formula is C6H3ClFIO2S. The maximum atomic E-state index is 12.8. The van der Waals surface area contributed by atoms with Gasteiger partial charge < -0.3 is 0 Å². The minimum atomic E-state index is -3.81. The van der Waals surface area contributed by atoms with E-state index in [1.54, 1.807) is 22.6 Å². The molecule has 0 spiro atoms. The summed E-state index contributed by atoms with van der Waals surface area (Å²) in [5.41, 5.74) is 0. The van der Waals surface area contributed by atoms with Crippen molar-refractivity contribution in [3.63, 3.8) is 0 Å². The van der Waals surface area contributed by atoms with E-state index < -0.39 is 14.9 Å². The molecule has 1 aromatic carbocycles. The van der Waals surface area contributed by atoms with Crippen molar-refractivity contribution in [2.45, 2.75) is 4.90 Å². The molecule has 0 saturated carbocycles. The Morgan fingerprint density at radius 2 is 2.00 bits per heavy atom. The summed E-state index contributed by atoms with van der Waals surface area (Å²) < 4.78 is 34.5. The Labute approximate surface area is 87.3 Å². The Kier molecular flexibility index (Phi) is 2.95. The highest BCUT2D eigenvalue weighted by Gasteiger charge is 2.11.